The average molecular weight is 662 g/mol. The zero-order chi connectivity index (χ0) is 36.9. The molecule has 0 spiro atoms. The van der Waals surface area contributed by atoms with Gasteiger partial charge in [0.2, 0.25) is 12.7 Å². The Labute approximate surface area is 290 Å². The van der Waals surface area contributed by atoms with Crippen molar-refractivity contribution in [3.63, 3.8) is 0 Å². The quantitative estimate of drug-likeness (QED) is 0.175. The minimum atomic E-state index is -0.142. The Morgan fingerprint density at radius 2 is 1.17 bits per heavy atom. The number of carbonyl (C=O) groups excluding carboxylic acids is 1. The van der Waals surface area contributed by atoms with Crippen LogP contribution in [0.2, 0.25) is 0 Å². The van der Waals surface area contributed by atoms with E-state index in [4.69, 9.17) is 9.47 Å². The first-order valence-corrected chi connectivity index (χ1v) is 17.6. The molecule has 3 heterocycles. The molecule has 3 aromatic carbocycles. The molecule has 48 heavy (non-hydrogen) atoms. The number of para-hydroxylation sites is 1. The van der Waals surface area contributed by atoms with Crippen LogP contribution < -0.4 is 20.5 Å². The van der Waals surface area contributed by atoms with E-state index in [1.807, 2.05) is 77.9 Å². The zero-order valence-electron chi connectivity index (χ0n) is 32.5. The van der Waals surface area contributed by atoms with Crippen molar-refractivity contribution >= 4 is 22.6 Å². The lowest BCUT2D eigenvalue weighted by Crippen LogP contribution is -2.23. The van der Waals surface area contributed by atoms with Crippen molar-refractivity contribution in [2.75, 3.05) is 12.1 Å². The van der Waals surface area contributed by atoms with Crippen LogP contribution in [0.4, 0.5) is 5.69 Å². The van der Waals surface area contributed by atoms with Gasteiger partial charge < -0.3 is 24.8 Å². The summed E-state index contributed by atoms with van der Waals surface area (Å²) in [5.41, 5.74) is 8.11. The van der Waals surface area contributed by atoms with Crippen molar-refractivity contribution in [2.45, 2.75) is 133 Å². The van der Waals surface area contributed by atoms with Crippen molar-refractivity contribution in [1.29, 1.82) is 0 Å². The first-order valence-electron chi connectivity index (χ1n) is 17.6. The minimum absolute atomic E-state index is 0.0463. The third-order valence-electron chi connectivity index (χ3n) is 7.46. The summed E-state index contributed by atoms with van der Waals surface area (Å²) >= 11 is 0. The number of benzene rings is 3. The lowest BCUT2D eigenvalue weighted by molar-refractivity contribution is -0.116. The van der Waals surface area contributed by atoms with Gasteiger partial charge in [0.25, 0.3) is 0 Å². The maximum Gasteiger partial charge on any atom is 0.323 e. The number of hydrogen-bond acceptors (Lipinski definition) is 4. The first kappa shape index (κ1) is 42.0. The van der Waals surface area contributed by atoms with E-state index >= 15 is 0 Å². The topological polar surface area (TPSA) is 96.2 Å². The Morgan fingerprint density at radius 1 is 0.604 bits per heavy atom. The molecule has 1 amide bonds. The Bertz CT molecular complexity index is 1630. The Morgan fingerprint density at radius 3 is 1.75 bits per heavy atom. The zero-order valence-corrected chi connectivity index (χ0v) is 32.5. The summed E-state index contributed by atoms with van der Waals surface area (Å²) in [6.45, 7) is 31.9. The van der Waals surface area contributed by atoms with Crippen molar-refractivity contribution < 1.29 is 14.3 Å². The van der Waals surface area contributed by atoms with E-state index in [1.54, 1.807) is 0 Å². The number of aromatic nitrogens is 2. The summed E-state index contributed by atoms with van der Waals surface area (Å²) in [6, 6.07) is 18.2. The molecule has 0 aliphatic carbocycles. The summed E-state index contributed by atoms with van der Waals surface area (Å²) in [6.07, 6.45) is 1.48. The second-order valence-corrected chi connectivity index (χ2v) is 14.0. The monoisotopic (exact) mass is 661 g/mol. The molecule has 266 valence electrons. The molecule has 0 fully saturated rings. The number of nitrogens with one attached hydrogen (secondary N) is 3. The van der Waals surface area contributed by atoms with E-state index in [2.05, 4.69) is 95.8 Å². The number of amides is 1. The van der Waals surface area contributed by atoms with E-state index in [0.717, 1.165) is 40.2 Å². The molecule has 3 N–H and O–H groups in total. The number of fused-ring (bicyclic) bond motifs is 3. The van der Waals surface area contributed by atoms with Crippen molar-refractivity contribution in [3.05, 3.63) is 87.3 Å². The maximum absolute atomic E-state index is 11.3. The normalized spacial score (nSPS) is 12.9. The SMILES string of the molecule is CC.CC.CC.CC(C)(C)c1ccc2c(c1)OCO2.CC(C)(C)c1cccc2[nH]c(=O)[nH]c12.CC(C)(C)c1cccc2c1CCC(=O)N2. The van der Waals surface area contributed by atoms with Gasteiger partial charge in [-0.3, -0.25) is 4.79 Å². The summed E-state index contributed by atoms with van der Waals surface area (Å²) in [5, 5.41) is 2.93. The van der Waals surface area contributed by atoms with Crippen molar-refractivity contribution in [3.8, 4) is 11.5 Å². The van der Waals surface area contributed by atoms with Crippen LogP contribution in [0.5, 0.6) is 11.5 Å². The molecule has 0 saturated carbocycles. The summed E-state index contributed by atoms with van der Waals surface area (Å²) < 4.78 is 10.6. The highest BCUT2D eigenvalue weighted by Gasteiger charge is 2.24. The number of imidazole rings is 1. The van der Waals surface area contributed by atoms with Crippen LogP contribution in [-0.4, -0.2) is 22.7 Å². The number of anilines is 1. The predicted octanol–water partition coefficient (Wildman–Crippen LogP) is 10.8. The van der Waals surface area contributed by atoms with Gasteiger partial charge in [-0.05, 0) is 69.2 Å². The molecule has 0 radical (unpaired) electrons. The van der Waals surface area contributed by atoms with Crippen molar-refractivity contribution in [2.24, 2.45) is 0 Å². The van der Waals surface area contributed by atoms with Gasteiger partial charge in [0.05, 0.1) is 11.0 Å². The fraction of sp³-hybridized carbons (Fsp3) is 0.512. The number of rotatable bonds is 0. The molecule has 6 rings (SSSR count). The van der Waals surface area contributed by atoms with Crippen molar-refractivity contribution in [1.82, 2.24) is 9.97 Å². The lowest BCUT2D eigenvalue weighted by Gasteiger charge is -2.27. The molecule has 0 bridgehead atoms. The number of aromatic amines is 2. The molecule has 1 aromatic heterocycles. The van der Waals surface area contributed by atoms with Gasteiger partial charge in [0.1, 0.15) is 0 Å². The van der Waals surface area contributed by atoms with Crippen LogP contribution in [0.25, 0.3) is 11.0 Å². The van der Waals surface area contributed by atoms with Gasteiger partial charge in [0, 0.05) is 12.1 Å². The summed E-state index contributed by atoms with van der Waals surface area (Å²) in [5.74, 6) is 1.86. The largest absolute Gasteiger partial charge is 0.454 e. The van der Waals surface area contributed by atoms with E-state index in [9.17, 15) is 9.59 Å². The molecule has 7 heteroatoms. The Balaban J connectivity index is 0.000000334. The molecular formula is C41H63N3O4. The third-order valence-corrected chi connectivity index (χ3v) is 7.46. The molecule has 0 saturated heterocycles. The fourth-order valence-corrected chi connectivity index (χ4v) is 5.17. The Hall–Kier alpha value is -4.00. The molecule has 2 aliphatic rings. The van der Waals surface area contributed by atoms with E-state index in [0.29, 0.717) is 13.2 Å². The standard InChI is InChI=1S/C13H17NO.C11H14N2O.C11H14O2.3C2H6/c1-13(2,3)10-5-4-6-11-9(10)7-8-12(15)14-11;1-11(2,3)7-5-4-6-8-9(7)13-10(14)12-8;1-11(2,3)8-4-5-9-10(6-8)13-7-12-9;3*1-2/h4-6H,7-8H2,1-3H3,(H,14,15);4-6H,1-3H3,(H2,12,13,14);4-6H,7H2,1-3H3;3*1-2H3. The molecule has 7 nitrogen and oxygen atoms in total. The van der Waals surface area contributed by atoms with Crippen LogP contribution in [0.1, 0.15) is 133 Å². The molecule has 0 atom stereocenters. The van der Waals surface area contributed by atoms with Gasteiger partial charge in [-0.1, -0.05) is 134 Å². The van der Waals surface area contributed by atoms with Crippen LogP contribution in [0.3, 0.4) is 0 Å². The van der Waals surface area contributed by atoms with Gasteiger partial charge in [-0.15, -0.1) is 0 Å². The Kier molecular flexibility index (Phi) is 16.2. The van der Waals surface area contributed by atoms with E-state index in [-0.39, 0.29) is 27.8 Å². The van der Waals surface area contributed by atoms with Gasteiger partial charge in [-0.25, -0.2) is 4.79 Å². The van der Waals surface area contributed by atoms with E-state index < -0.39 is 0 Å². The predicted molar refractivity (Wildman–Crippen MR) is 205 cm³/mol. The fourth-order valence-electron chi connectivity index (χ4n) is 5.17. The highest BCUT2D eigenvalue weighted by atomic mass is 16.7. The number of H-pyrrole nitrogens is 2. The minimum Gasteiger partial charge on any atom is -0.454 e. The maximum atomic E-state index is 11.3. The smallest absolute Gasteiger partial charge is 0.323 e. The number of ether oxygens (including phenoxy) is 2. The molecular weight excluding hydrogens is 598 g/mol. The van der Waals surface area contributed by atoms with Crippen LogP contribution in [0, 0.1) is 0 Å². The summed E-state index contributed by atoms with van der Waals surface area (Å²) in [4.78, 5) is 28.0. The van der Waals surface area contributed by atoms with Crippen LogP contribution in [-0.2, 0) is 27.5 Å². The molecule has 2 aliphatic heterocycles. The third kappa shape index (κ3) is 11.6. The lowest BCUT2D eigenvalue weighted by atomic mass is 9.81. The van der Waals surface area contributed by atoms with Gasteiger partial charge in [0.15, 0.2) is 11.5 Å². The first-order chi connectivity index (χ1) is 22.5. The van der Waals surface area contributed by atoms with Gasteiger partial charge >= 0.3 is 5.69 Å². The average Bonchev–Trinajstić information content (AvgIpc) is 3.68. The van der Waals surface area contributed by atoms with Gasteiger partial charge in [-0.2, -0.15) is 0 Å². The number of carbonyl (C=O) groups is 1. The summed E-state index contributed by atoms with van der Waals surface area (Å²) in [7, 11) is 0. The number of hydrogen-bond donors (Lipinski definition) is 3. The van der Waals surface area contributed by atoms with Crippen LogP contribution in [0.15, 0.2) is 59.4 Å². The molecule has 4 aromatic rings. The molecule has 0 unspecified atom stereocenters. The van der Waals surface area contributed by atoms with Crippen LogP contribution >= 0.6 is 0 Å². The second kappa shape index (κ2) is 18.5. The second-order valence-electron chi connectivity index (χ2n) is 14.0. The highest BCUT2D eigenvalue weighted by molar-refractivity contribution is 5.94. The highest BCUT2D eigenvalue weighted by Crippen LogP contribution is 2.36. The van der Waals surface area contributed by atoms with E-state index in [1.165, 1.54) is 16.7 Å².